The van der Waals surface area contributed by atoms with E-state index in [9.17, 15) is 14.4 Å². The standard InChI is InChI=1S/C30H28FN5O5S/c1-17-20(9-10-22(25(17)31)41-19-7-3-2-4-8-19)36-21-11-13-32-29-24(21)26(34-30(36)40)27(42-29)28(39)33-18-6-5-14-35(16-18)23(38)12-15-37/h2-4,7-11,13,18,37H,5-6,12,14-16H2,1H3,(H,33,39)(H,34,40). The first-order valence-corrected chi connectivity index (χ1v) is 14.4. The van der Waals surface area contributed by atoms with Gasteiger partial charge in [0, 0.05) is 37.3 Å². The number of hydrogen-bond acceptors (Lipinski definition) is 7. The summed E-state index contributed by atoms with van der Waals surface area (Å²) in [5.74, 6) is -0.597. The van der Waals surface area contributed by atoms with E-state index in [2.05, 4.69) is 15.6 Å². The van der Waals surface area contributed by atoms with E-state index in [1.165, 1.54) is 11.0 Å². The number of aromatic nitrogens is 1. The van der Waals surface area contributed by atoms with E-state index in [4.69, 9.17) is 9.84 Å². The fourth-order valence-electron chi connectivity index (χ4n) is 5.40. The fourth-order valence-corrected chi connectivity index (χ4v) is 6.42. The van der Waals surface area contributed by atoms with Crippen molar-refractivity contribution < 1.29 is 28.6 Å². The first kappa shape index (κ1) is 27.6. The van der Waals surface area contributed by atoms with Crippen LogP contribution >= 0.6 is 11.3 Å². The number of pyridine rings is 1. The Kier molecular flexibility index (Phi) is 7.48. The van der Waals surface area contributed by atoms with Crippen LogP contribution in [0.25, 0.3) is 10.2 Å². The van der Waals surface area contributed by atoms with Crippen molar-refractivity contribution in [3.05, 3.63) is 71.0 Å². The minimum Gasteiger partial charge on any atom is -0.454 e. The van der Waals surface area contributed by atoms with E-state index in [0.29, 0.717) is 57.4 Å². The van der Waals surface area contributed by atoms with Gasteiger partial charge in [-0.2, -0.15) is 0 Å². The normalized spacial score (nSPS) is 16.4. The highest BCUT2D eigenvalue weighted by Crippen LogP contribution is 2.47. The Morgan fingerprint density at radius 2 is 2.00 bits per heavy atom. The second-order valence-corrected chi connectivity index (χ2v) is 11.1. The molecule has 12 heteroatoms. The van der Waals surface area contributed by atoms with Crippen LogP contribution in [0.3, 0.4) is 0 Å². The van der Waals surface area contributed by atoms with Crippen LogP contribution in [-0.4, -0.2) is 58.6 Å². The van der Waals surface area contributed by atoms with Gasteiger partial charge in [-0.3, -0.25) is 14.5 Å². The lowest BCUT2D eigenvalue weighted by atomic mass is 10.0. The molecule has 1 fully saturated rings. The molecule has 0 radical (unpaired) electrons. The highest BCUT2D eigenvalue weighted by molar-refractivity contribution is 7.21. The number of carbonyl (C=O) groups excluding carboxylic acids is 3. The molecule has 2 aromatic carbocycles. The molecule has 0 aliphatic carbocycles. The number of nitrogens with zero attached hydrogens (tertiary/aromatic N) is 3. The average Bonchev–Trinajstić information content (AvgIpc) is 3.36. The van der Waals surface area contributed by atoms with Crippen molar-refractivity contribution in [3.8, 4) is 11.5 Å². The molecular weight excluding hydrogens is 561 g/mol. The third-order valence-corrected chi connectivity index (χ3v) is 8.52. The van der Waals surface area contributed by atoms with Gasteiger partial charge >= 0.3 is 6.03 Å². The van der Waals surface area contributed by atoms with Crippen LogP contribution in [0.1, 0.15) is 34.5 Å². The Morgan fingerprint density at radius 1 is 1.19 bits per heavy atom. The molecule has 4 heterocycles. The van der Waals surface area contributed by atoms with Gasteiger partial charge in [0.25, 0.3) is 5.91 Å². The lowest BCUT2D eigenvalue weighted by Crippen LogP contribution is -2.49. The number of aliphatic hydroxyl groups is 1. The third kappa shape index (κ3) is 5.03. The molecule has 1 atom stereocenters. The second-order valence-electron chi connectivity index (χ2n) is 10.1. The van der Waals surface area contributed by atoms with E-state index in [0.717, 1.165) is 17.8 Å². The molecule has 4 amide bonds. The molecule has 3 N–H and O–H groups in total. The Bertz CT molecular complexity index is 1690. The summed E-state index contributed by atoms with van der Waals surface area (Å²) < 4.78 is 21.2. The predicted molar refractivity (Wildman–Crippen MR) is 157 cm³/mol. The summed E-state index contributed by atoms with van der Waals surface area (Å²) >= 11 is 1.15. The molecule has 0 spiro atoms. The zero-order chi connectivity index (χ0) is 29.4. The summed E-state index contributed by atoms with van der Waals surface area (Å²) in [4.78, 5) is 47.5. The van der Waals surface area contributed by atoms with Crippen molar-refractivity contribution in [2.75, 3.05) is 29.9 Å². The van der Waals surface area contributed by atoms with Crippen LogP contribution in [0.15, 0.2) is 54.7 Å². The molecule has 0 bridgehead atoms. The van der Waals surface area contributed by atoms with E-state index in [1.807, 2.05) is 6.07 Å². The molecular formula is C30H28FN5O5S. The maximum absolute atomic E-state index is 15.5. The molecule has 216 valence electrons. The van der Waals surface area contributed by atoms with E-state index in [-0.39, 0.29) is 42.2 Å². The molecule has 2 aliphatic rings. The van der Waals surface area contributed by atoms with E-state index in [1.54, 1.807) is 54.4 Å². The predicted octanol–water partition coefficient (Wildman–Crippen LogP) is 5.32. The molecule has 10 nitrogen and oxygen atoms in total. The minimum absolute atomic E-state index is 0.0364. The number of carbonyl (C=O) groups is 3. The van der Waals surface area contributed by atoms with Gasteiger partial charge in [0.1, 0.15) is 15.5 Å². The maximum Gasteiger partial charge on any atom is 0.331 e. The van der Waals surface area contributed by atoms with Crippen molar-refractivity contribution in [2.24, 2.45) is 0 Å². The number of halogens is 1. The lowest BCUT2D eigenvalue weighted by Gasteiger charge is -2.33. The number of nitrogens with one attached hydrogen (secondary N) is 2. The van der Waals surface area contributed by atoms with E-state index < -0.39 is 11.8 Å². The van der Waals surface area contributed by atoms with Gasteiger partial charge in [-0.1, -0.05) is 18.2 Å². The minimum atomic E-state index is -0.593. The number of likely N-dealkylation sites (tertiary alicyclic amines) is 1. The number of hydrogen-bond donors (Lipinski definition) is 3. The summed E-state index contributed by atoms with van der Waals surface area (Å²) in [6.45, 7) is 2.29. The molecule has 0 saturated carbocycles. The highest BCUT2D eigenvalue weighted by atomic mass is 32.1. The number of rotatable bonds is 7. The van der Waals surface area contributed by atoms with Crippen LogP contribution in [0.4, 0.5) is 26.2 Å². The van der Waals surface area contributed by atoms with Crippen LogP contribution in [0.5, 0.6) is 11.5 Å². The van der Waals surface area contributed by atoms with Crippen LogP contribution < -0.4 is 20.3 Å². The summed E-state index contributed by atoms with van der Waals surface area (Å²) in [6, 6.07) is 12.8. The van der Waals surface area contributed by atoms with Crippen LogP contribution in [0.2, 0.25) is 0 Å². The quantitative estimate of drug-likeness (QED) is 0.268. The molecule has 42 heavy (non-hydrogen) atoms. The number of urea groups is 1. The fraction of sp³-hybridized carbons (Fsp3) is 0.267. The van der Waals surface area contributed by atoms with Gasteiger partial charge in [0.15, 0.2) is 11.6 Å². The number of thiophene rings is 1. The molecule has 4 aromatic rings. The van der Waals surface area contributed by atoms with Crippen molar-refractivity contribution >= 4 is 56.5 Å². The Labute approximate surface area is 244 Å². The molecule has 2 aliphatic heterocycles. The smallest absolute Gasteiger partial charge is 0.331 e. The number of amides is 4. The number of benzene rings is 2. The van der Waals surface area contributed by atoms with Crippen molar-refractivity contribution in [1.29, 1.82) is 0 Å². The van der Waals surface area contributed by atoms with Crippen molar-refractivity contribution in [2.45, 2.75) is 32.2 Å². The number of anilines is 3. The zero-order valence-electron chi connectivity index (χ0n) is 22.7. The Balaban J connectivity index is 1.29. The topological polar surface area (TPSA) is 124 Å². The Hall–Kier alpha value is -4.55. The van der Waals surface area contributed by atoms with Crippen molar-refractivity contribution in [3.63, 3.8) is 0 Å². The summed E-state index contributed by atoms with van der Waals surface area (Å²) in [7, 11) is 0. The third-order valence-electron chi connectivity index (χ3n) is 7.42. The van der Waals surface area contributed by atoms with Gasteiger partial charge in [-0.25, -0.2) is 14.2 Å². The first-order chi connectivity index (χ1) is 20.4. The van der Waals surface area contributed by atoms with Crippen molar-refractivity contribution in [1.82, 2.24) is 15.2 Å². The second kappa shape index (κ2) is 11.4. The van der Waals surface area contributed by atoms with Gasteiger partial charge in [-0.15, -0.1) is 11.3 Å². The molecule has 1 saturated heterocycles. The van der Waals surface area contributed by atoms with E-state index >= 15 is 4.39 Å². The lowest BCUT2D eigenvalue weighted by molar-refractivity contribution is -0.133. The number of piperidine rings is 1. The summed E-state index contributed by atoms with van der Waals surface area (Å²) in [5, 5.41) is 15.5. The van der Waals surface area contributed by atoms with Gasteiger partial charge in [0.2, 0.25) is 5.91 Å². The summed E-state index contributed by atoms with van der Waals surface area (Å²) in [6.07, 6.45) is 3.02. The van der Waals surface area contributed by atoms with Crippen LogP contribution in [0, 0.1) is 12.7 Å². The van der Waals surface area contributed by atoms with Crippen LogP contribution in [-0.2, 0) is 4.79 Å². The molecule has 1 unspecified atom stereocenters. The number of ether oxygens (including phenoxy) is 1. The Morgan fingerprint density at radius 3 is 2.79 bits per heavy atom. The van der Waals surface area contributed by atoms with Gasteiger partial charge in [-0.05, 0) is 50.1 Å². The largest absolute Gasteiger partial charge is 0.454 e. The highest BCUT2D eigenvalue weighted by Gasteiger charge is 2.35. The van der Waals surface area contributed by atoms with Gasteiger partial charge < -0.3 is 25.4 Å². The SMILES string of the molecule is Cc1c(N2C(=O)Nc3c(C(=O)NC4CCCN(C(=O)CCO)C4)sc4nccc2c34)ccc(Oc2ccccc2)c1F. The summed E-state index contributed by atoms with van der Waals surface area (Å²) in [5.41, 5.74) is 1.38. The number of aliphatic hydroxyl groups excluding tert-OH is 1. The zero-order valence-corrected chi connectivity index (χ0v) is 23.5. The molecule has 6 rings (SSSR count). The first-order valence-electron chi connectivity index (χ1n) is 13.6. The van der Waals surface area contributed by atoms with Gasteiger partial charge in [0.05, 0.1) is 29.1 Å². The maximum atomic E-state index is 15.5. The number of para-hydroxylation sites is 1. The monoisotopic (exact) mass is 589 g/mol. The molecule has 2 aromatic heterocycles. The average molecular weight is 590 g/mol.